The Morgan fingerprint density at radius 2 is 1.62 bits per heavy atom. The average Bonchev–Trinajstić information content (AvgIpc) is 3.06. The van der Waals surface area contributed by atoms with Crippen LogP contribution in [-0.4, -0.2) is 65.1 Å². The lowest BCUT2D eigenvalue weighted by Gasteiger charge is -2.43. The van der Waals surface area contributed by atoms with Crippen LogP contribution in [0.3, 0.4) is 0 Å². The van der Waals surface area contributed by atoms with E-state index in [1.807, 2.05) is 11.8 Å². The second-order valence-electron chi connectivity index (χ2n) is 11.6. The van der Waals surface area contributed by atoms with Gasteiger partial charge in [-0.1, -0.05) is 6.92 Å². The van der Waals surface area contributed by atoms with E-state index in [9.17, 15) is 36.2 Å². The normalized spacial score (nSPS) is 18.8. The van der Waals surface area contributed by atoms with Crippen molar-refractivity contribution < 1.29 is 45.7 Å². The van der Waals surface area contributed by atoms with Crippen molar-refractivity contribution in [1.29, 1.82) is 0 Å². The lowest BCUT2D eigenvalue weighted by Crippen LogP contribution is -2.48. The fourth-order valence-electron chi connectivity index (χ4n) is 6.13. The van der Waals surface area contributed by atoms with Crippen LogP contribution >= 0.6 is 0 Å². The summed E-state index contributed by atoms with van der Waals surface area (Å²) < 4.78 is 93.8. The van der Waals surface area contributed by atoms with Crippen LogP contribution in [-0.2, 0) is 23.6 Å². The van der Waals surface area contributed by atoms with E-state index in [1.165, 1.54) is 29.3 Å². The number of carbonyl (C=O) groups excluding carboxylic acids is 1. The number of ether oxygens (including phenoxy) is 2. The molecule has 16 heteroatoms. The molecule has 0 aliphatic carbocycles. The molecular weight excluding hydrogens is 646 g/mol. The molecule has 3 aromatic rings. The Kier molecular flexibility index (Phi) is 10.2. The van der Waals surface area contributed by atoms with Gasteiger partial charge in [-0.05, 0) is 62.4 Å². The summed E-state index contributed by atoms with van der Waals surface area (Å²) in [7, 11) is 1.39. The van der Waals surface area contributed by atoms with Crippen molar-refractivity contribution >= 4 is 23.4 Å². The van der Waals surface area contributed by atoms with Crippen molar-refractivity contribution in [1.82, 2.24) is 15.0 Å². The molecule has 260 valence electrons. The Hall–Kier alpha value is -4.34. The highest BCUT2D eigenvalue weighted by Gasteiger charge is 2.42. The number of amides is 1. The van der Waals surface area contributed by atoms with Crippen molar-refractivity contribution in [2.45, 2.75) is 76.6 Å². The van der Waals surface area contributed by atoms with Crippen LogP contribution in [0.5, 0.6) is 5.88 Å². The maximum atomic E-state index is 13.9. The molecule has 0 spiro atoms. The van der Waals surface area contributed by atoms with Gasteiger partial charge in [-0.15, -0.1) is 0 Å². The number of aromatic nitrogens is 3. The van der Waals surface area contributed by atoms with Crippen molar-refractivity contribution in [3.8, 4) is 5.88 Å². The van der Waals surface area contributed by atoms with Crippen molar-refractivity contribution in [2.75, 3.05) is 41.5 Å². The molecule has 2 aliphatic rings. The number of carbonyl (C=O) groups is 1. The molecule has 1 saturated heterocycles. The molecule has 2 atom stereocenters. The quantitative estimate of drug-likeness (QED) is 0.258. The predicted molar refractivity (Wildman–Crippen MR) is 164 cm³/mol. The summed E-state index contributed by atoms with van der Waals surface area (Å²) in [5.74, 6) is 0.209. The number of pyridine rings is 1. The fourth-order valence-corrected chi connectivity index (χ4v) is 6.13. The van der Waals surface area contributed by atoms with Crippen LogP contribution in [0.25, 0.3) is 0 Å². The molecule has 1 N–H and O–H groups in total. The molecule has 0 saturated carbocycles. The Morgan fingerprint density at radius 1 is 1.00 bits per heavy atom. The van der Waals surface area contributed by atoms with Gasteiger partial charge in [0, 0.05) is 31.7 Å². The third-order valence-corrected chi connectivity index (χ3v) is 8.55. The van der Waals surface area contributed by atoms with Gasteiger partial charge in [0.05, 0.1) is 66.5 Å². The standard InChI is InChI=1S/C32H36F6N6O4/c1-4-22-15-26(28-25(6-7-27(41-28)47-3)44(22)30(46)48-5-2)43(29-39-16-23(17-40-29)42-10-8-24(45)9-11-42)18-19-12-20(31(33,34)35)14-21(13-19)32(36,37)38/h6-7,12-14,16-17,22,24,26,45H,4-5,8-11,15,18H2,1-3H3/t22-,26+/m1/s1. The predicted octanol–water partition coefficient (Wildman–Crippen LogP) is 6.77. The lowest BCUT2D eigenvalue weighted by molar-refractivity contribution is -0.143. The zero-order chi connectivity index (χ0) is 34.8. The minimum Gasteiger partial charge on any atom is -0.481 e. The maximum Gasteiger partial charge on any atom is 0.416 e. The molecule has 1 aromatic carbocycles. The highest BCUT2D eigenvalue weighted by molar-refractivity contribution is 5.90. The summed E-state index contributed by atoms with van der Waals surface area (Å²) >= 11 is 0. The van der Waals surface area contributed by atoms with E-state index in [4.69, 9.17) is 9.47 Å². The molecule has 1 fully saturated rings. The zero-order valence-electron chi connectivity index (χ0n) is 26.6. The second-order valence-corrected chi connectivity index (χ2v) is 11.6. The van der Waals surface area contributed by atoms with Gasteiger partial charge >= 0.3 is 18.4 Å². The van der Waals surface area contributed by atoms with E-state index in [1.54, 1.807) is 19.1 Å². The summed E-state index contributed by atoms with van der Waals surface area (Å²) in [5, 5.41) is 9.90. The number of alkyl halides is 6. The van der Waals surface area contributed by atoms with E-state index >= 15 is 0 Å². The summed E-state index contributed by atoms with van der Waals surface area (Å²) in [6.45, 7) is 4.27. The number of aliphatic hydroxyl groups is 1. The molecule has 4 heterocycles. The van der Waals surface area contributed by atoms with Gasteiger partial charge in [0.2, 0.25) is 11.8 Å². The molecule has 1 amide bonds. The number of halogens is 6. The van der Waals surface area contributed by atoms with E-state index in [2.05, 4.69) is 15.0 Å². The number of fused-ring (bicyclic) bond motifs is 1. The summed E-state index contributed by atoms with van der Waals surface area (Å²) in [6.07, 6.45) is -6.35. The Balaban J connectivity index is 1.65. The largest absolute Gasteiger partial charge is 0.481 e. The number of hydrogen-bond acceptors (Lipinski definition) is 9. The highest BCUT2D eigenvalue weighted by Crippen LogP contribution is 2.44. The second kappa shape index (κ2) is 14.0. The molecule has 2 aliphatic heterocycles. The number of aliphatic hydroxyl groups excluding tert-OH is 1. The zero-order valence-corrected chi connectivity index (χ0v) is 26.6. The SMILES string of the molecule is CCOC(=O)N1c2ccc(OC)nc2[C@@H](N(Cc2cc(C(F)(F)F)cc(C(F)(F)F)c2)c2ncc(N3CCC(O)CC3)cn2)C[C@H]1CC. The summed E-state index contributed by atoms with van der Waals surface area (Å²) in [5.41, 5.74) is -1.88. The summed E-state index contributed by atoms with van der Waals surface area (Å²) in [4.78, 5) is 31.8. The van der Waals surface area contributed by atoms with Crippen LogP contribution in [0, 0.1) is 0 Å². The van der Waals surface area contributed by atoms with Gasteiger partial charge in [0.25, 0.3) is 0 Å². The van der Waals surface area contributed by atoms with Gasteiger partial charge in [0.1, 0.15) is 0 Å². The molecule has 10 nitrogen and oxygen atoms in total. The van der Waals surface area contributed by atoms with Crippen LogP contribution in [0.15, 0.2) is 42.7 Å². The monoisotopic (exact) mass is 682 g/mol. The van der Waals surface area contributed by atoms with Crippen molar-refractivity contribution in [2.24, 2.45) is 0 Å². The van der Waals surface area contributed by atoms with Crippen molar-refractivity contribution in [3.63, 3.8) is 0 Å². The number of rotatable bonds is 8. The van der Waals surface area contributed by atoms with E-state index in [-0.39, 0.29) is 42.2 Å². The van der Waals surface area contributed by atoms with Gasteiger partial charge in [-0.2, -0.15) is 26.3 Å². The van der Waals surface area contributed by atoms with Crippen LogP contribution in [0.4, 0.5) is 48.5 Å². The van der Waals surface area contributed by atoms with Crippen LogP contribution in [0.1, 0.15) is 68.0 Å². The fraction of sp³-hybridized carbons (Fsp3) is 0.500. The molecule has 5 rings (SSSR count). The van der Waals surface area contributed by atoms with E-state index in [0.29, 0.717) is 55.9 Å². The van der Waals surface area contributed by atoms with Gasteiger partial charge < -0.3 is 24.4 Å². The lowest BCUT2D eigenvalue weighted by atomic mass is 9.92. The molecular formula is C32H36F6N6O4. The third-order valence-electron chi connectivity index (χ3n) is 8.55. The average molecular weight is 683 g/mol. The Labute approximate surface area is 273 Å². The smallest absolute Gasteiger partial charge is 0.416 e. The van der Waals surface area contributed by atoms with Crippen molar-refractivity contribution in [3.05, 3.63) is 65.1 Å². The first-order chi connectivity index (χ1) is 22.7. The topological polar surface area (TPSA) is 104 Å². The minimum atomic E-state index is -5.04. The molecule has 0 unspecified atom stereocenters. The summed E-state index contributed by atoms with van der Waals surface area (Å²) in [6, 6.07) is 3.32. The third kappa shape index (κ3) is 7.53. The van der Waals surface area contributed by atoms with Gasteiger partial charge in [0.15, 0.2) is 0 Å². The van der Waals surface area contributed by atoms with Gasteiger partial charge in [-0.3, -0.25) is 4.90 Å². The number of piperidine rings is 1. The number of anilines is 3. The first-order valence-electron chi connectivity index (χ1n) is 15.5. The van der Waals surface area contributed by atoms with E-state index in [0.717, 1.165) is 0 Å². The molecule has 0 radical (unpaired) electrons. The molecule has 48 heavy (non-hydrogen) atoms. The molecule has 0 bridgehead atoms. The number of hydrogen-bond donors (Lipinski definition) is 1. The number of benzene rings is 1. The minimum absolute atomic E-state index is 0.0294. The number of methoxy groups -OCH3 is 1. The maximum absolute atomic E-state index is 13.9. The van der Waals surface area contributed by atoms with Gasteiger partial charge in [-0.25, -0.2) is 19.7 Å². The first kappa shape index (κ1) is 35.0. The molecule has 2 aromatic heterocycles. The Bertz CT molecular complexity index is 1550. The van der Waals surface area contributed by atoms with Crippen LogP contribution < -0.4 is 19.4 Å². The first-order valence-corrected chi connectivity index (χ1v) is 15.5. The number of nitrogens with zero attached hydrogens (tertiary/aromatic N) is 6. The Morgan fingerprint density at radius 3 is 2.17 bits per heavy atom. The highest BCUT2D eigenvalue weighted by atomic mass is 19.4. The van der Waals surface area contributed by atoms with Crippen LogP contribution in [0.2, 0.25) is 0 Å². The van der Waals surface area contributed by atoms with E-state index < -0.39 is 54.3 Å².